The molecule has 0 aliphatic heterocycles. The molecule has 0 aromatic rings. The zero-order valence-electron chi connectivity index (χ0n) is 17.2. The number of methoxy groups -OCH3 is 1. The first-order chi connectivity index (χ1) is 12.8. The van der Waals surface area contributed by atoms with E-state index in [-0.39, 0.29) is 22.9 Å². The van der Waals surface area contributed by atoms with Gasteiger partial charge >= 0.3 is 5.97 Å². The monoisotopic (exact) mass is 376 g/mol. The summed E-state index contributed by atoms with van der Waals surface area (Å²) in [6.07, 6.45) is 9.14. The van der Waals surface area contributed by atoms with Crippen molar-refractivity contribution in [2.75, 3.05) is 7.11 Å². The van der Waals surface area contributed by atoms with Crippen molar-refractivity contribution in [3.63, 3.8) is 0 Å². The van der Waals surface area contributed by atoms with E-state index in [1.54, 1.807) is 0 Å². The molecule has 8 atom stereocenters. The second-order valence-electron chi connectivity index (χ2n) is 10.5. The number of carbonyl (C=O) groups excluding carboxylic acids is 2. The van der Waals surface area contributed by atoms with Crippen LogP contribution in [0.4, 0.5) is 0 Å². The number of aliphatic hydroxyl groups excluding tert-OH is 1. The van der Waals surface area contributed by atoms with Gasteiger partial charge in [0, 0.05) is 19.3 Å². The van der Waals surface area contributed by atoms with Crippen LogP contribution in [0.3, 0.4) is 0 Å². The summed E-state index contributed by atoms with van der Waals surface area (Å²) >= 11 is 0. The Morgan fingerprint density at radius 1 is 1.15 bits per heavy atom. The molecule has 0 heterocycles. The molecule has 152 valence electrons. The molecule has 0 aromatic heterocycles. The second-order valence-corrected chi connectivity index (χ2v) is 10.5. The molecule has 0 aromatic carbocycles. The van der Waals surface area contributed by atoms with Gasteiger partial charge in [0.1, 0.15) is 5.78 Å². The van der Waals surface area contributed by atoms with Crippen molar-refractivity contribution in [3.05, 3.63) is 0 Å². The Bertz CT molecular complexity index is 615. The van der Waals surface area contributed by atoms with Gasteiger partial charge in [0.2, 0.25) is 0 Å². The van der Waals surface area contributed by atoms with E-state index in [1.807, 2.05) is 0 Å². The molecule has 0 radical (unpaired) electrons. The van der Waals surface area contributed by atoms with Crippen molar-refractivity contribution < 1.29 is 19.4 Å². The van der Waals surface area contributed by atoms with E-state index in [9.17, 15) is 14.7 Å². The first-order valence-electron chi connectivity index (χ1n) is 11.1. The second kappa shape index (κ2) is 6.86. The zero-order valence-corrected chi connectivity index (χ0v) is 17.2. The van der Waals surface area contributed by atoms with Crippen molar-refractivity contribution in [1.29, 1.82) is 0 Å². The maximum Gasteiger partial charge on any atom is 0.305 e. The lowest BCUT2D eigenvalue weighted by Crippen LogP contribution is -2.58. The summed E-state index contributed by atoms with van der Waals surface area (Å²) in [7, 11) is 1.47. The lowest BCUT2D eigenvalue weighted by Gasteiger charge is -2.61. The molecule has 0 amide bonds. The Labute approximate surface area is 163 Å². The maximum absolute atomic E-state index is 12.0. The summed E-state index contributed by atoms with van der Waals surface area (Å²) in [5, 5.41) is 11.2. The predicted molar refractivity (Wildman–Crippen MR) is 103 cm³/mol. The first-order valence-corrected chi connectivity index (χ1v) is 11.1. The summed E-state index contributed by atoms with van der Waals surface area (Å²) in [6.45, 7) is 4.84. The highest BCUT2D eigenvalue weighted by Crippen LogP contribution is 2.67. The number of ether oxygens (including phenoxy) is 1. The predicted octanol–water partition coefficient (Wildman–Crippen LogP) is 4.14. The molecule has 8 unspecified atom stereocenters. The van der Waals surface area contributed by atoms with Crippen LogP contribution < -0.4 is 0 Å². The van der Waals surface area contributed by atoms with Gasteiger partial charge in [-0.2, -0.15) is 0 Å². The number of Topliss-reactive ketones (excluding diaryl/α,β-unsaturated/α-hetero) is 1. The summed E-state index contributed by atoms with van der Waals surface area (Å²) in [5.74, 6) is 2.72. The standard InChI is InChI=1S/C23H36O4/c1-22-11-9-18-21(17(22)6-4-14(22)5-7-20(26)27-3)19(25)13-15-12-16(24)8-10-23(15,18)2/h14-15,17-19,21,25H,4-13H2,1-3H3. The van der Waals surface area contributed by atoms with E-state index in [4.69, 9.17) is 4.74 Å². The van der Waals surface area contributed by atoms with Crippen LogP contribution in [0.2, 0.25) is 0 Å². The highest BCUT2D eigenvalue weighted by molar-refractivity contribution is 5.79. The van der Waals surface area contributed by atoms with Crippen LogP contribution in [0.5, 0.6) is 0 Å². The van der Waals surface area contributed by atoms with E-state index in [0.717, 1.165) is 25.7 Å². The van der Waals surface area contributed by atoms with Gasteiger partial charge in [0.25, 0.3) is 0 Å². The van der Waals surface area contributed by atoms with E-state index in [2.05, 4.69) is 13.8 Å². The molecule has 4 aliphatic carbocycles. The third-order valence-corrected chi connectivity index (χ3v) is 9.62. The number of fused-ring (bicyclic) bond motifs is 5. The summed E-state index contributed by atoms with van der Waals surface area (Å²) in [4.78, 5) is 23.7. The lowest BCUT2D eigenvalue weighted by molar-refractivity contribution is -0.167. The van der Waals surface area contributed by atoms with Crippen molar-refractivity contribution in [2.45, 2.75) is 84.2 Å². The number of hydrogen-bond donors (Lipinski definition) is 1. The Kier molecular flexibility index (Phi) is 4.93. The zero-order chi connectivity index (χ0) is 19.4. The van der Waals surface area contributed by atoms with Gasteiger partial charge < -0.3 is 9.84 Å². The minimum atomic E-state index is -0.261. The van der Waals surface area contributed by atoms with Crippen LogP contribution in [0.15, 0.2) is 0 Å². The van der Waals surface area contributed by atoms with Gasteiger partial charge in [0.15, 0.2) is 0 Å². The average Bonchev–Trinajstić information content (AvgIpc) is 2.97. The molecular weight excluding hydrogens is 340 g/mol. The lowest BCUT2D eigenvalue weighted by atomic mass is 9.44. The summed E-state index contributed by atoms with van der Waals surface area (Å²) < 4.78 is 4.86. The van der Waals surface area contributed by atoms with Gasteiger partial charge in [-0.1, -0.05) is 13.8 Å². The molecule has 0 saturated heterocycles. The molecule has 27 heavy (non-hydrogen) atoms. The van der Waals surface area contributed by atoms with Crippen molar-refractivity contribution in [1.82, 2.24) is 0 Å². The number of esters is 1. The number of rotatable bonds is 3. The van der Waals surface area contributed by atoms with Crippen molar-refractivity contribution >= 4 is 11.8 Å². The number of ketones is 1. The van der Waals surface area contributed by atoms with Gasteiger partial charge in [0.05, 0.1) is 13.2 Å². The topological polar surface area (TPSA) is 63.6 Å². The maximum atomic E-state index is 12.0. The van der Waals surface area contributed by atoms with Crippen LogP contribution >= 0.6 is 0 Å². The molecule has 4 saturated carbocycles. The van der Waals surface area contributed by atoms with Gasteiger partial charge in [-0.05, 0) is 85.4 Å². The summed E-state index contributed by atoms with van der Waals surface area (Å²) in [6, 6.07) is 0. The quantitative estimate of drug-likeness (QED) is 0.752. The Morgan fingerprint density at radius 2 is 1.89 bits per heavy atom. The van der Waals surface area contributed by atoms with Crippen molar-refractivity contribution in [2.24, 2.45) is 40.4 Å². The fourth-order valence-electron chi connectivity index (χ4n) is 7.99. The third kappa shape index (κ3) is 2.97. The Balaban J connectivity index is 1.55. The highest BCUT2D eigenvalue weighted by atomic mass is 16.5. The van der Waals surface area contributed by atoms with E-state index in [0.29, 0.717) is 48.2 Å². The minimum absolute atomic E-state index is 0.101. The minimum Gasteiger partial charge on any atom is -0.469 e. The fourth-order valence-corrected chi connectivity index (χ4v) is 7.99. The van der Waals surface area contributed by atoms with Gasteiger partial charge in [-0.25, -0.2) is 0 Å². The molecule has 4 fully saturated rings. The molecule has 0 spiro atoms. The third-order valence-electron chi connectivity index (χ3n) is 9.62. The summed E-state index contributed by atoms with van der Waals surface area (Å²) in [5.41, 5.74) is 0.465. The van der Waals surface area contributed by atoms with Gasteiger partial charge in [-0.3, -0.25) is 9.59 Å². The van der Waals surface area contributed by atoms with E-state index < -0.39 is 0 Å². The highest BCUT2D eigenvalue weighted by Gasteiger charge is 2.62. The number of aliphatic hydroxyl groups is 1. The van der Waals surface area contributed by atoms with Crippen LogP contribution in [0.1, 0.15) is 78.1 Å². The van der Waals surface area contributed by atoms with Crippen LogP contribution in [-0.4, -0.2) is 30.1 Å². The average molecular weight is 377 g/mol. The molecular formula is C23H36O4. The molecule has 4 rings (SSSR count). The molecule has 4 nitrogen and oxygen atoms in total. The normalized spacial score (nSPS) is 49.1. The van der Waals surface area contributed by atoms with Crippen molar-refractivity contribution in [3.8, 4) is 0 Å². The molecule has 1 N–H and O–H groups in total. The van der Waals surface area contributed by atoms with E-state index in [1.165, 1.54) is 32.8 Å². The first kappa shape index (κ1) is 19.4. The number of hydrogen-bond acceptors (Lipinski definition) is 4. The van der Waals surface area contributed by atoms with Gasteiger partial charge in [-0.15, -0.1) is 0 Å². The van der Waals surface area contributed by atoms with Crippen LogP contribution in [0, 0.1) is 40.4 Å². The van der Waals surface area contributed by atoms with Crippen LogP contribution in [0.25, 0.3) is 0 Å². The van der Waals surface area contributed by atoms with Crippen LogP contribution in [-0.2, 0) is 14.3 Å². The number of carbonyl (C=O) groups is 2. The molecule has 0 bridgehead atoms. The smallest absolute Gasteiger partial charge is 0.305 e. The largest absolute Gasteiger partial charge is 0.469 e. The SMILES string of the molecule is COC(=O)CCC1CCC2C3C(O)CC4CC(=O)CCC4(C)C3CCC12C. The molecule has 4 heteroatoms. The molecule has 4 aliphatic rings. The van der Waals surface area contributed by atoms with E-state index >= 15 is 0 Å². The Morgan fingerprint density at radius 3 is 2.63 bits per heavy atom. The Hall–Kier alpha value is -0.900. The fraction of sp³-hybridized carbons (Fsp3) is 0.913.